The van der Waals surface area contributed by atoms with Crippen LogP contribution >= 0.6 is 11.6 Å². The summed E-state index contributed by atoms with van der Waals surface area (Å²) in [6.07, 6.45) is 15.6. The molecule has 0 aliphatic heterocycles. The number of alkyl halides is 1. The third kappa shape index (κ3) is 12.7. The predicted molar refractivity (Wildman–Crippen MR) is 99.1 cm³/mol. The normalized spacial score (nSPS) is 12.7. The van der Waals surface area contributed by atoms with Crippen molar-refractivity contribution in [2.45, 2.75) is 66.2 Å². The Morgan fingerprint density at radius 2 is 1.62 bits per heavy atom. The zero-order chi connectivity index (χ0) is 16.1. The molecule has 0 aliphatic rings. The van der Waals surface area contributed by atoms with Crippen LogP contribution in [-0.2, 0) is 0 Å². The highest BCUT2D eigenvalue weighted by molar-refractivity contribution is 6.18. The second-order valence-electron chi connectivity index (χ2n) is 6.33. The molecule has 0 atom stereocenters. The van der Waals surface area contributed by atoms with Crippen molar-refractivity contribution in [3.63, 3.8) is 0 Å². The van der Waals surface area contributed by atoms with Crippen molar-refractivity contribution in [2.24, 2.45) is 5.92 Å². The van der Waals surface area contributed by atoms with Gasteiger partial charge in [-0.3, -0.25) is 0 Å². The summed E-state index contributed by atoms with van der Waals surface area (Å²) in [5.41, 5.74) is 4.41. The van der Waals surface area contributed by atoms with Gasteiger partial charge in [-0.1, -0.05) is 54.9 Å². The first kappa shape index (κ1) is 20.2. The van der Waals surface area contributed by atoms with E-state index < -0.39 is 0 Å². The molecule has 0 saturated heterocycles. The van der Waals surface area contributed by atoms with Crippen molar-refractivity contribution in [3.05, 3.63) is 47.6 Å². The highest BCUT2D eigenvalue weighted by Gasteiger charge is 2.01. The fourth-order valence-corrected chi connectivity index (χ4v) is 2.62. The molecule has 0 N–H and O–H groups in total. The van der Waals surface area contributed by atoms with Gasteiger partial charge < -0.3 is 0 Å². The van der Waals surface area contributed by atoms with E-state index in [1.54, 1.807) is 0 Å². The monoisotopic (exact) mass is 308 g/mol. The molecule has 0 saturated carbocycles. The molecule has 0 aliphatic carbocycles. The van der Waals surface area contributed by atoms with Gasteiger partial charge in [-0.15, -0.1) is 18.2 Å². The van der Waals surface area contributed by atoms with Crippen molar-refractivity contribution in [1.82, 2.24) is 0 Å². The topological polar surface area (TPSA) is 0 Å². The van der Waals surface area contributed by atoms with E-state index >= 15 is 0 Å². The van der Waals surface area contributed by atoms with Crippen LogP contribution in [0.1, 0.15) is 66.2 Å². The first-order chi connectivity index (χ1) is 9.99. The van der Waals surface area contributed by atoms with Crippen LogP contribution in [0.25, 0.3) is 0 Å². The molecule has 0 aromatic heterocycles. The van der Waals surface area contributed by atoms with E-state index in [9.17, 15) is 0 Å². The van der Waals surface area contributed by atoms with Gasteiger partial charge in [0.05, 0.1) is 0 Å². The molecule has 0 rings (SSSR count). The third-order valence-electron chi connectivity index (χ3n) is 3.36. The van der Waals surface area contributed by atoms with Crippen LogP contribution in [0.3, 0.4) is 0 Å². The van der Waals surface area contributed by atoms with Gasteiger partial charge in [-0.2, -0.15) is 0 Å². The minimum absolute atomic E-state index is 0.631. The molecule has 0 radical (unpaired) electrons. The second-order valence-corrected chi connectivity index (χ2v) is 6.64. The molecular formula is C20H33Cl. The Morgan fingerprint density at radius 1 is 1.00 bits per heavy atom. The molecule has 0 heterocycles. The standard InChI is InChI=1S/C20H33Cl/c1-6-9-19(11-7-10-17(2)3)12-8-13-20(14-15-21)16-18(4)5/h6,10,12,14,18H,1,7-9,11,13,15-16H2,2-5H3/b19-12+,20-14-. The zero-order valence-corrected chi connectivity index (χ0v) is 15.2. The fraction of sp³-hybridized carbons (Fsp3) is 0.600. The third-order valence-corrected chi connectivity index (χ3v) is 3.51. The predicted octanol–water partition coefficient (Wildman–Crippen LogP) is 7.23. The Balaban J connectivity index is 4.43. The van der Waals surface area contributed by atoms with Gasteiger partial charge in [0.15, 0.2) is 0 Å². The van der Waals surface area contributed by atoms with Crippen LogP contribution in [-0.4, -0.2) is 5.88 Å². The molecule has 0 fully saturated rings. The van der Waals surface area contributed by atoms with Gasteiger partial charge >= 0.3 is 0 Å². The molecule has 0 aromatic carbocycles. The van der Waals surface area contributed by atoms with Crippen molar-refractivity contribution in [3.8, 4) is 0 Å². The van der Waals surface area contributed by atoms with Gasteiger partial charge in [-0.25, -0.2) is 0 Å². The van der Waals surface area contributed by atoms with Crippen LogP contribution in [0.5, 0.6) is 0 Å². The lowest BCUT2D eigenvalue weighted by atomic mass is 9.97. The van der Waals surface area contributed by atoms with Gasteiger partial charge in [-0.05, 0) is 58.3 Å². The number of rotatable bonds is 11. The summed E-state index contributed by atoms with van der Waals surface area (Å²) >= 11 is 5.86. The van der Waals surface area contributed by atoms with E-state index in [-0.39, 0.29) is 0 Å². The molecule has 21 heavy (non-hydrogen) atoms. The largest absolute Gasteiger partial charge is 0.122 e. The van der Waals surface area contributed by atoms with Gasteiger partial charge in [0.25, 0.3) is 0 Å². The molecule has 0 bridgehead atoms. The van der Waals surface area contributed by atoms with Crippen molar-refractivity contribution < 1.29 is 0 Å². The lowest BCUT2D eigenvalue weighted by molar-refractivity contribution is 0.624. The van der Waals surface area contributed by atoms with Gasteiger partial charge in [0.2, 0.25) is 0 Å². The summed E-state index contributed by atoms with van der Waals surface area (Å²) in [4.78, 5) is 0. The zero-order valence-electron chi connectivity index (χ0n) is 14.4. The molecular weight excluding hydrogens is 276 g/mol. The summed E-state index contributed by atoms with van der Waals surface area (Å²) in [7, 11) is 0. The van der Waals surface area contributed by atoms with Crippen molar-refractivity contribution in [2.75, 3.05) is 5.88 Å². The Labute approximate surface area is 137 Å². The maximum atomic E-state index is 5.86. The highest BCUT2D eigenvalue weighted by Crippen LogP contribution is 2.19. The van der Waals surface area contributed by atoms with Crippen LogP contribution in [0.2, 0.25) is 0 Å². The van der Waals surface area contributed by atoms with Crippen molar-refractivity contribution in [1.29, 1.82) is 0 Å². The van der Waals surface area contributed by atoms with Crippen LogP contribution < -0.4 is 0 Å². The smallest absolute Gasteiger partial charge is 0.0406 e. The molecule has 120 valence electrons. The molecule has 0 nitrogen and oxygen atoms in total. The van der Waals surface area contributed by atoms with Gasteiger partial charge in [0.1, 0.15) is 0 Å². The second kappa shape index (κ2) is 13.0. The van der Waals surface area contributed by atoms with Gasteiger partial charge in [0, 0.05) is 5.88 Å². The van der Waals surface area contributed by atoms with E-state index in [2.05, 4.69) is 52.5 Å². The molecule has 0 amide bonds. The molecule has 0 spiro atoms. The first-order valence-electron chi connectivity index (χ1n) is 8.15. The summed E-state index contributed by atoms with van der Waals surface area (Å²) in [5.74, 6) is 1.33. The molecule has 0 unspecified atom stereocenters. The van der Waals surface area contributed by atoms with E-state index in [0.29, 0.717) is 11.8 Å². The Kier molecular flexibility index (Phi) is 12.5. The van der Waals surface area contributed by atoms with E-state index in [1.807, 2.05) is 6.08 Å². The van der Waals surface area contributed by atoms with E-state index in [4.69, 9.17) is 11.6 Å². The number of allylic oxidation sites excluding steroid dienone is 7. The minimum atomic E-state index is 0.631. The molecule has 1 heteroatoms. The minimum Gasteiger partial charge on any atom is -0.122 e. The number of halogens is 1. The molecule has 0 aromatic rings. The average molecular weight is 309 g/mol. The van der Waals surface area contributed by atoms with E-state index in [1.165, 1.54) is 16.7 Å². The summed E-state index contributed by atoms with van der Waals surface area (Å²) < 4.78 is 0. The van der Waals surface area contributed by atoms with Crippen molar-refractivity contribution >= 4 is 11.6 Å². The van der Waals surface area contributed by atoms with Crippen LogP contribution in [0, 0.1) is 5.92 Å². The van der Waals surface area contributed by atoms with Crippen LogP contribution in [0.15, 0.2) is 47.6 Å². The lowest BCUT2D eigenvalue weighted by Gasteiger charge is -2.10. The Bertz CT molecular complexity index is 365. The quantitative estimate of drug-likeness (QED) is 0.279. The van der Waals surface area contributed by atoms with E-state index in [0.717, 1.165) is 38.5 Å². The Hall–Kier alpha value is -0.750. The van der Waals surface area contributed by atoms with Crippen LogP contribution in [0.4, 0.5) is 0 Å². The average Bonchev–Trinajstić information content (AvgIpc) is 2.37. The lowest BCUT2D eigenvalue weighted by Crippen LogP contribution is -1.93. The first-order valence-corrected chi connectivity index (χ1v) is 8.69. The Morgan fingerprint density at radius 3 is 2.14 bits per heavy atom. The maximum absolute atomic E-state index is 5.86. The summed E-state index contributed by atoms with van der Waals surface area (Å²) in [6.45, 7) is 12.7. The SMILES string of the molecule is C=CC/C(=C\CC/C(=C/CCl)CC(C)C)CCC=C(C)C. The number of hydrogen-bond donors (Lipinski definition) is 0. The maximum Gasteiger partial charge on any atom is 0.0406 e. The summed E-state index contributed by atoms with van der Waals surface area (Å²) in [6, 6.07) is 0. The summed E-state index contributed by atoms with van der Waals surface area (Å²) in [5, 5.41) is 0. The fourth-order valence-electron chi connectivity index (χ4n) is 2.40. The highest BCUT2D eigenvalue weighted by atomic mass is 35.5. The number of hydrogen-bond acceptors (Lipinski definition) is 0.